The zero-order valence-corrected chi connectivity index (χ0v) is 13.2. The molecule has 0 bridgehead atoms. The molecule has 1 N–H and O–H groups in total. The molecule has 0 saturated carbocycles. The summed E-state index contributed by atoms with van der Waals surface area (Å²) in [4.78, 5) is 13.7. The molecule has 1 aliphatic heterocycles. The highest BCUT2D eigenvalue weighted by molar-refractivity contribution is 7.80. The molecule has 20 heavy (non-hydrogen) atoms. The highest BCUT2D eigenvalue weighted by Crippen LogP contribution is 2.24. The quantitative estimate of drug-likeness (QED) is 0.662. The van der Waals surface area contributed by atoms with Crippen LogP contribution in [0.15, 0.2) is 24.3 Å². The number of nitrogens with one attached hydrogen (secondary N) is 1. The summed E-state index contributed by atoms with van der Waals surface area (Å²) in [7, 11) is 0. The zero-order valence-electron chi connectivity index (χ0n) is 12.3. The molecule has 1 heterocycles. The van der Waals surface area contributed by atoms with Crippen LogP contribution in [0.4, 0.5) is 5.69 Å². The zero-order chi connectivity index (χ0) is 14.7. The maximum absolute atomic E-state index is 11.4. The summed E-state index contributed by atoms with van der Waals surface area (Å²) in [6.07, 6.45) is 3.63. The molecule has 1 aromatic carbocycles. The van der Waals surface area contributed by atoms with E-state index < -0.39 is 0 Å². The molecule has 0 spiro atoms. The molecule has 0 aliphatic carbocycles. The molecule has 4 heteroatoms. The Morgan fingerprint density at radius 2 is 1.95 bits per heavy atom. The molecule has 108 valence electrons. The summed E-state index contributed by atoms with van der Waals surface area (Å²) in [5, 5.41) is 4.03. The number of Topliss-reactive ketones (excluding diaryl/α,β-unsaturated/α-hetero) is 1. The van der Waals surface area contributed by atoms with Crippen molar-refractivity contribution in [3.63, 3.8) is 0 Å². The largest absolute Gasteiger partial charge is 0.344 e. The van der Waals surface area contributed by atoms with Crippen molar-refractivity contribution < 1.29 is 4.79 Å². The molecule has 0 radical (unpaired) electrons. The molecule has 1 saturated heterocycles. The lowest BCUT2D eigenvalue weighted by atomic mass is 9.98. The van der Waals surface area contributed by atoms with Gasteiger partial charge >= 0.3 is 0 Å². The van der Waals surface area contributed by atoms with Crippen LogP contribution >= 0.6 is 12.2 Å². The number of piperidine rings is 1. The smallest absolute Gasteiger partial charge is 0.173 e. The fraction of sp³-hybridized carbons (Fsp3) is 0.500. The van der Waals surface area contributed by atoms with Gasteiger partial charge in [-0.1, -0.05) is 12.1 Å². The predicted octanol–water partition coefficient (Wildman–Crippen LogP) is 3.85. The Hall–Kier alpha value is -1.42. The van der Waals surface area contributed by atoms with Crippen LogP contribution in [0.5, 0.6) is 0 Å². The summed E-state index contributed by atoms with van der Waals surface area (Å²) >= 11 is 5.55. The van der Waals surface area contributed by atoms with E-state index in [-0.39, 0.29) is 5.78 Å². The number of rotatable bonds is 2. The van der Waals surface area contributed by atoms with Crippen molar-refractivity contribution >= 4 is 28.8 Å². The Kier molecular flexibility index (Phi) is 4.76. The van der Waals surface area contributed by atoms with E-state index in [0.717, 1.165) is 10.8 Å². The van der Waals surface area contributed by atoms with Gasteiger partial charge in [0, 0.05) is 23.3 Å². The van der Waals surface area contributed by atoms with Crippen LogP contribution < -0.4 is 5.32 Å². The summed E-state index contributed by atoms with van der Waals surface area (Å²) in [6, 6.07) is 8.43. The van der Waals surface area contributed by atoms with E-state index in [0.29, 0.717) is 17.6 Å². The van der Waals surface area contributed by atoms with Gasteiger partial charge in [0.15, 0.2) is 10.9 Å². The average Bonchev–Trinajstić information content (AvgIpc) is 2.38. The molecular weight excluding hydrogens is 268 g/mol. The van der Waals surface area contributed by atoms with Crippen molar-refractivity contribution in [2.75, 3.05) is 5.32 Å². The first-order valence-electron chi connectivity index (χ1n) is 7.19. The summed E-state index contributed by atoms with van der Waals surface area (Å²) in [5.74, 6) is 0.0688. The molecule has 2 unspecified atom stereocenters. The van der Waals surface area contributed by atoms with Gasteiger partial charge in [0.25, 0.3) is 0 Å². The SMILES string of the molecule is CC(=O)c1cccc(NC(=S)N2C(C)CCCC2C)c1. The van der Waals surface area contributed by atoms with E-state index in [1.807, 2.05) is 24.3 Å². The molecule has 1 aromatic rings. The number of nitrogens with zero attached hydrogens (tertiary/aromatic N) is 1. The van der Waals surface area contributed by atoms with Crippen molar-refractivity contribution in [3.05, 3.63) is 29.8 Å². The van der Waals surface area contributed by atoms with Gasteiger partial charge < -0.3 is 10.2 Å². The summed E-state index contributed by atoms with van der Waals surface area (Å²) < 4.78 is 0. The number of ketones is 1. The number of hydrogen-bond acceptors (Lipinski definition) is 2. The van der Waals surface area contributed by atoms with Gasteiger partial charge in [-0.15, -0.1) is 0 Å². The van der Waals surface area contributed by atoms with Crippen LogP contribution in [0.1, 0.15) is 50.4 Å². The van der Waals surface area contributed by atoms with Gasteiger partial charge in [0.1, 0.15) is 0 Å². The van der Waals surface area contributed by atoms with E-state index in [2.05, 4.69) is 24.1 Å². The van der Waals surface area contributed by atoms with Crippen molar-refractivity contribution in [2.45, 2.75) is 52.1 Å². The summed E-state index contributed by atoms with van der Waals surface area (Å²) in [5.41, 5.74) is 1.59. The molecular formula is C16H22N2OS. The van der Waals surface area contributed by atoms with Gasteiger partial charge in [-0.05, 0) is 64.4 Å². The Labute approximate surface area is 126 Å². The highest BCUT2D eigenvalue weighted by atomic mass is 32.1. The van der Waals surface area contributed by atoms with Gasteiger partial charge in [0.05, 0.1) is 0 Å². The number of likely N-dealkylation sites (tertiary alicyclic amines) is 1. The first kappa shape index (κ1) is 15.0. The third-order valence-corrected chi connectivity index (χ3v) is 4.26. The highest BCUT2D eigenvalue weighted by Gasteiger charge is 2.26. The minimum atomic E-state index is 0.0688. The van der Waals surface area contributed by atoms with Crippen molar-refractivity contribution in [3.8, 4) is 0 Å². The maximum atomic E-state index is 11.4. The van der Waals surface area contributed by atoms with Crippen LogP contribution in [0.25, 0.3) is 0 Å². The van der Waals surface area contributed by atoms with E-state index in [1.54, 1.807) is 6.92 Å². The predicted molar refractivity (Wildman–Crippen MR) is 87.3 cm³/mol. The number of benzene rings is 1. The topological polar surface area (TPSA) is 32.3 Å². The second-order valence-corrected chi connectivity index (χ2v) is 5.99. The standard InChI is InChI=1S/C16H22N2OS/c1-11-6-4-7-12(2)18(11)16(20)17-15-9-5-8-14(10-15)13(3)19/h5,8-12H,4,6-7H2,1-3H3,(H,17,20). The average molecular weight is 290 g/mol. The van der Waals surface area contributed by atoms with Gasteiger partial charge in [-0.2, -0.15) is 0 Å². The lowest BCUT2D eigenvalue weighted by Gasteiger charge is -2.40. The van der Waals surface area contributed by atoms with E-state index in [1.165, 1.54) is 19.3 Å². The lowest BCUT2D eigenvalue weighted by Crippen LogP contribution is -2.49. The number of carbonyl (C=O) groups excluding carboxylic acids is 1. The van der Waals surface area contributed by atoms with Crippen molar-refractivity contribution in [1.29, 1.82) is 0 Å². The number of carbonyl (C=O) groups is 1. The third kappa shape index (κ3) is 3.37. The monoisotopic (exact) mass is 290 g/mol. The molecule has 1 aliphatic rings. The van der Waals surface area contributed by atoms with E-state index in [9.17, 15) is 4.79 Å². The maximum Gasteiger partial charge on any atom is 0.173 e. The van der Waals surface area contributed by atoms with Crippen molar-refractivity contribution in [2.24, 2.45) is 0 Å². The van der Waals surface area contributed by atoms with Gasteiger partial charge in [0.2, 0.25) is 0 Å². The van der Waals surface area contributed by atoms with Crippen LogP contribution in [0.2, 0.25) is 0 Å². The van der Waals surface area contributed by atoms with Crippen LogP contribution in [-0.4, -0.2) is 27.9 Å². The van der Waals surface area contributed by atoms with E-state index >= 15 is 0 Å². The second kappa shape index (κ2) is 6.35. The normalized spacial score (nSPS) is 22.4. The first-order chi connectivity index (χ1) is 9.49. The van der Waals surface area contributed by atoms with Crippen LogP contribution in [0.3, 0.4) is 0 Å². The Morgan fingerprint density at radius 3 is 2.55 bits per heavy atom. The van der Waals surface area contributed by atoms with Gasteiger partial charge in [-0.25, -0.2) is 0 Å². The number of anilines is 1. The molecule has 3 nitrogen and oxygen atoms in total. The molecule has 0 aromatic heterocycles. The first-order valence-corrected chi connectivity index (χ1v) is 7.60. The molecule has 2 rings (SSSR count). The minimum Gasteiger partial charge on any atom is -0.344 e. The lowest BCUT2D eigenvalue weighted by molar-refractivity contribution is 0.101. The van der Waals surface area contributed by atoms with Gasteiger partial charge in [-0.3, -0.25) is 4.79 Å². The Morgan fingerprint density at radius 1 is 1.30 bits per heavy atom. The molecule has 1 fully saturated rings. The van der Waals surface area contributed by atoms with Crippen LogP contribution in [-0.2, 0) is 0 Å². The van der Waals surface area contributed by atoms with Crippen molar-refractivity contribution in [1.82, 2.24) is 4.90 Å². The van der Waals surface area contributed by atoms with Crippen LogP contribution in [0, 0.1) is 0 Å². The van der Waals surface area contributed by atoms with E-state index in [4.69, 9.17) is 12.2 Å². The fourth-order valence-electron chi connectivity index (χ4n) is 2.83. The fourth-order valence-corrected chi connectivity index (χ4v) is 3.30. The Bertz CT molecular complexity index is 505. The number of hydrogen-bond donors (Lipinski definition) is 1. The third-order valence-electron chi connectivity index (χ3n) is 3.95. The molecule has 0 amide bonds. The molecule has 2 atom stereocenters. The minimum absolute atomic E-state index is 0.0688. The second-order valence-electron chi connectivity index (χ2n) is 5.60. The summed E-state index contributed by atoms with van der Waals surface area (Å²) in [6.45, 7) is 6.01. The number of thiocarbonyl (C=S) groups is 1. The Balaban J connectivity index is 2.10.